The standard InChI is InChI=1S/C14H17N3O2/c1-9(2)19-12-7-5-4-6-11(12)17-14(18)13-10(3)15-8-16-13/h4-9H,1-3H3,(H,15,16)(H,17,18). The predicted octanol–water partition coefficient (Wildman–Crippen LogP) is 2.76. The maximum Gasteiger partial charge on any atom is 0.276 e. The van der Waals surface area contributed by atoms with E-state index in [2.05, 4.69) is 15.3 Å². The summed E-state index contributed by atoms with van der Waals surface area (Å²) in [4.78, 5) is 19.0. The van der Waals surface area contributed by atoms with Crippen molar-refractivity contribution in [1.82, 2.24) is 9.97 Å². The number of anilines is 1. The minimum Gasteiger partial charge on any atom is -0.489 e. The third kappa shape index (κ3) is 3.13. The number of aromatic nitrogens is 2. The van der Waals surface area contributed by atoms with Gasteiger partial charge in [-0.2, -0.15) is 0 Å². The van der Waals surface area contributed by atoms with Gasteiger partial charge in [0.2, 0.25) is 0 Å². The summed E-state index contributed by atoms with van der Waals surface area (Å²) in [6.07, 6.45) is 1.55. The zero-order valence-electron chi connectivity index (χ0n) is 11.2. The number of amides is 1. The first-order chi connectivity index (χ1) is 9.08. The van der Waals surface area contributed by atoms with Gasteiger partial charge in [-0.3, -0.25) is 4.79 Å². The summed E-state index contributed by atoms with van der Waals surface area (Å²) in [6, 6.07) is 7.35. The monoisotopic (exact) mass is 259 g/mol. The van der Waals surface area contributed by atoms with Crippen LogP contribution in [0.15, 0.2) is 30.6 Å². The number of hydrogen-bond acceptors (Lipinski definition) is 3. The molecule has 5 nitrogen and oxygen atoms in total. The van der Waals surface area contributed by atoms with Crippen LogP contribution in [0.4, 0.5) is 5.69 Å². The quantitative estimate of drug-likeness (QED) is 0.887. The molecule has 1 aromatic heterocycles. The number of benzene rings is 1. The molecule has 2 aromatic rings. The molecule has 0 spiro atoms. The lowest BCUT2D eigenvalue weighted by Crippen LogP contribution is -2.15. The first-order valence-electron chi connectivity index (χ1n) is 6.15. The van der Waals surface area contributed by atoms with Gasteiger partial charge in [-0.25, -0.2) is 4.98 Å². The summed E-state index contributed by atoms with van der Waals surface area (Å²) in [6.45, 7) is 5.69. The van der Waals surface area contributed by atoms with Crippen LogP contribution in [0.25, 0.3) is 0 Å². The van der Waals surface area contributed by atoms with Crippen LogP contribution in [-0.4, -0.2) is 22.0 Å². The fraction of sp³-hybridized carbons (Fsp3) is 0.286. The molecule has 0 bridgehead atoms. The van der Waals surface area contributed by atoms with E-state index in [4.69, 9.17) is 4.74 Å². The van der Waals surface area contributed by atoms with Crippen LogP contribution in [0.3, 0.4) is 0 Å². The average molecular weight is 259 g/mol. The van der Waals surface area contributed by atoms with E-state index in [1.165, 1.54) is 6.33 Å². The van der Waals surface area contributed by atoms with Gasteiger partial charge in [0.15, 0.2) is 0 Å². The Balaban J connectivity index is 2.19. The van der Waals surface area contributed by atoms with Gasteiger partial charge in [-0.1, -0.05) is 12.1 Å². The minimum absolute atomic E-state index is 0.0465. The number of ether oxygens (including phenoxy) is 1. The van der Waals surface area contributed by atoms with Gasteiger partial charge in [0, 0.05) is 5.69 Å². The molecule has 0 saturated heterocycles. The average Bonchev–Trinajstić information content (AvgIpc) is 2.77. The van der Waals surface area contributed by atoms with Crippen LogP contribution in [0, 0.1) is 6.92 Å². The highest BCUT2D eigenvalue weighted by Gasteiger charge is 2.14. The molecule has 0 unspecified atom stereocenters. The second-order valence-electron chi connectivity index (χ2n) is 4.49. The second kappa shape index (κ2) is 5.56. The topological polar surface area (TPSA) is 67.0 Å². The maximum absolute atomic E-state index is 12.1. The van der Waals surface area contributed by atoms with Gasteiger partial charge in [0.25, 0.3) is 5.91 Å². The summed E-state index contributed by atoms with van der Waals surface area (Å²) < 4.78 is 5.65. The van der Waals surface area contributed by atoms with Gasteiger partial charge < -0.3 is 15.0 Å². The van der Waals surface area contributed by atoms with Gasteiger partial charge in [0.1, 0.15) is 11.4 Å². The molecule has 1 aromatic carbocycles. The predicted molar refractivity (Wildman–Crippen MR) is 73.5 cm³/mol. The van der Waals surface area contributed by atoms with Crippen LogP contribution in [0.2, 0.25) is 0 Å². The number of H-pyrrole nitrogens is 1. The Morgan fingerprint density at radius 1 is 1.37 bits per heavy atom. The van der Waals surface area contributed by atoms with E-state index in [9.17, 15) is 4.79 Å². The summed E-state index contributed by atoms with van der Waals surface area (Å²) in [5.41, 5.74) is 1.77. The first-order valence-corrected chi connectivity index (χ1v) is 6.15. The van der Waals surface area contributed by atoms with Gasteiger partial charge in [0.05, 0.1) is 18.1 Å². The maximum atomic E-state index is 12.1. The van der Waals surface area contributed by atoms with Crippen molar-refractivity contribution < 1.29 is 9.53 Å². The number of rotatable bonds is 4. The summed E-state index contributed by atoms with van der Waals surface area (Å²) in [5, 5.41) is 2.81. The molecule has 100 valence electrons. The van der Waals surface area contributed by atoms with Crippen LogP contribution >= 0.6 is 0 Å². The van der Waals surface area contributed by atoms with E-state index in [0.717, 1.165) is 5.69 Å². The van der Waals surface area contributed by atoms with E-state index < -0.39 is 0 Å². The Bertz CT molecular complexity index is 576. The van der Waals surface area contributed by atoms with E-state index in [-0.39, 0.29) is 12.0 Å². The Labute approximate surface area is 112 Å². The number of nitrogens with zero attached hydrogens (tertiary/aromatic N) is 1. The number of imidazole rings is 1. The SMILES string of the molecule is Cc1[nH]cnc1C(=O)Nc1ccccc1OC(C)C. The number of hydrogen-bond donors (Lipinski definition) is 2. The van der Waals surface area contributed by atoms with Crippen LogP contribution < -0.4 is 10.1 Å². The largest absolute Gasteiger partial charge is 0.489 e. The summed E-state index contributed by atoms with van der Waals surface area (Å²) in [7, 11) is 0. The number of carbonyl (C=O) groups excluding carboxylic acids is 1. The van der Waals surface area contributed by atoms with Crippen molar-refractivity contribution in [2.75, 3.05) is 5.32 Å². The molecule has 2 rings (SSSR count). The molecule has 0 saturated carbocycles. The van der Waals surface area contributed by atoms with E-state index >= 15 is 0 Å². The Morgan fingerprint density at radius 3 is 2.74 bits per heavy atom. The molecule has 0 atom stereocenters. The highest BCUT2D eigenvalue weighted by molar-refractivity contribution is 6.04. The molecular weight excluding hydrogens is 242 g/mol. The van der Waals surface area contributed by atoms with E-state index in [1.54, 1.807) is 13.0 Å². The van der Waals surface area contributed by atoms with E-state index in [0.29, 0.717) is 17.1 Å². The van der Waals surface area contributed by atoms with Crippen molar-refractivity contribution in [2.24, 2.45) is 0 Å². The van der Waals surface area contributed by atoms with Crippen molar-refractivity contribution >= 4 is 11.6 Å². The minimum atomic E-state index is -0.251. The fourth-order valence-corrected chi connectivity index (χ4v) is 1.70. The second-order valence-corrected chi connectivity index (χ2v) is 4.49. The number of carbonyl (C=O) groups is 1. The Morgan fingerprint density at radius 2 is 2.11 bits per heavy atom. The van der Waals surface area contributed by atoms with Crippen molar-refractivity contribution in [3.8, 4) is 5.75 Å². The zero-order valence-corrected chi connectivity index (χ0v) is 11.2. The van der Waals surface area contributed by atoms with Gasteiger partial charge in [-0.05, 0) is 32.9 Å². The lowest BCUT2D eigenvalue weighted by molar-refractivity contribution is 0.102. The van der Waals surface area contributed by atoms with Crippen LogP contribution in [0.1, 0.15) is 30.0 Å². The molecular formula is C14H17N3O2. The highest BCUT2D eigenvalue weighted by Crippen LogP contribution is 2.25. The smallest absolute Gasteiger partial charge is 0.276 e. The molecule has 5 heteroatoms. The van der Waals surface area contributed by atoms with Gasteiger partial charge >= 0.3 is 0 Å². The molecule has 2 N–H and O–H groups in total. The number of nitrogens with one attached hydrogen (secondary N) is 2. The molecule has 1 amide bonds. The zero-order chi connectivity index (χ0) is 13.8. The lowest BCUT2D eigenvalue weighted by atomic mass is 10.2. The number of aromatic amines is 1. The lowest BCUT2D eigenvalue weighted by Gasteiger charge is -2.14. The number of aryl methyl sites for hydroxylation is 1. The molecule has 19 heavy (non-hydrogen) atoms. The van der Waals surface area contributed by atoms with Crippen molar-refractivity contribution in [3.05, 3.63) is 42.0 Å². The van der Waals surface area contributed by atoms with Crippen LogP contribution in [-0.2, 0) is 0 Å². The van der Waals surface area contributed by atoms with Crippen molar-refractivity contribution in [3.63, 3.8) is 0 Å². The van der Waals surface area contributed by atoms with E-state index in [1.807, 2.05) is 32.0 Å². The first kappa shape index (κ1) is 13.1. The fourth-order valence-electron chi connectivity index (χ4n) is 1.70. The Hall–Kier alpha value is -2.30. The molecule has 0 fully saturated rings. The third-order valence-corrected chi connectivity index (χ3v) is 2.54. The summed E-state index contributed by atoms with van der Waals surface area (Å²) >= 11 is 0. The molecule has 0 aliphatic rings. The van der Waals surface area contributed by atoms with Crippen LogP contribution in [0.5, 0.6) is 5.75 Å². The summed E-state index contributed by atoms with van der Waals surface area (Å²) in [5.74, 6) is 0.401. The Kier molecular flexibility index (Phi) is 3.85. The molecule has 1 heterocycles. The third-order valence-electron chi connectivity index (χ3n) is 2.54. The molecule has 0 radical (unpaired) electrons. The normalized spacial score (nSPS) is 10.5. The molecule has 0 aliphatic carbocycles. The van der Waals surface area contributed by atoms with Crippen molar-refractivity contribution in [1.29, 1.82) is 0 Å². The molecule has 0 aliphatic heterocycles. The number of para-hydroxylation sites is 2. The van der Waals surface area contributed by atoms with Gasteiger partial charge in [-0.15, -0.1) is 0 Å². The highest BCUT2D eigenvalue weighted by atomic mass is 16.5. The van der Waals surface area contributed by atoms with Crippen molar-refractivity contribution in [2.45, 2.75) is 26.9 Å².